The number of benzene rings is 2. The number of hydrogen-bond acceptors (Lipinski definition) is 5. The van der Waals surface area contributed by atoms with Crippen LogP contribution < -0.4 is 19.5 Å². The fourth-order valence-corrected chi connectivity index (χ4v) is 2.73. The van der Waals surface area contributed by atoms with Gasteiger partial charge in [0.15, 0.2) is 23.1 Å². The van der Waals surface area contributed by atoms with E-state index in [9.17, 15) is 9.18 Å². The van der Waals surface area contributed by atoms with Gasteiger partial charge in [-0.1, -0.05) is 26.0 Å². The van der Waals surface area contributed by atoms with Crippen LogP contribution in [0.1, 0.15) is 20.3 Å². The maximum Gasteiger partial charge on any atom is 0.227 e. The number of anilines is 1. The summed E-state index contributed by atoms with van der Waals surface area (Å²) in [5.74, 6) is 0.620. The molecule has 0 aromatic heterocycles. The molecule has 0 bridgehead atoms. The van der Waals surface area contributed by atoms with Gasteiger partial charge in [-0.05, 0) is 37.4 Å². The van der Waals surface area contributed by atoms with E-state index in [2.05, 4.69) is 24.1 Å². The van der Waals surface area contributed by atoms with Crippen molar-refractivity contribution in [3.63, 3.8) is 0 Å². The van der Waals surface area contributed by atoms with Crippen LogP contribution in [0.25, 0.3) is 0 Å². The molecule has 0 saturated heterocycles. The van der Waals surface area contributed by atoms with Crippen molar-refractivity contribution in [3.05, 3.63) is 48.3 Å². The van der Waals surface area contributed by atoms with E-state index in [1.807, 2.05) is 0 Å². The lowest BCUT2D eigenvalue weighted by atomic mass is 10.2. The van der Waals surface area contributed by atoms with Gasteiger partial charge in [0.25, 0.3) is 0 Å². The van der Waals surface area contributed by atoms with Gasteiger partial charge in [0.1, 0.15) is 6.61 Å². The molecule has 6 nitrogen and oxygen atoms in total. The first-order chi connectivity index (χ1) is 14.1. The molecule has 1 amide bonds. The number of carbonyl (C=O) groups is 1. The summed E-state index contributed by atoms with van der Waals surface area (Å²) in [5.41, 5.74) is 0.597. The molecule has 0 aliphatic rings. The van der Waals surface area contributed by atoms with Gasteiger partial charge in [0.05, 0.1) is 20.1 Å². The smallest absolute Gasteiger partial charge is 0.227 e. The highest BCUT2D eigenvalue weighted by Gasteiger charge is 2.10. The Morgan fingerprint density at radius 3 is 2.41 bits per heavy atom. The van der Waals surface area contributed by atoms with E-state index in [1.54, 1.807) is 37.4 Å². The molecule has 29 heavy (non-hydrogen) atoms. The molecule has 0 aliphatic heterocycles. The van der Waals surface area contributed by atoms with Gasteiger partial charge in [0, 0.05) is 18.3 Å². The Morgan fingerprint density at radius 2 is 1.72 bits per heavy atom. The molecular weight excluding hydrogens is 375 g/mol. The van der Waals surface area contributed by atoms with E-state index in [-0.39, 0.29) is 24.7 Å². The molecule has 0 unspecified atom stereocenters. The first-order valence-electron chi connectivity index (χ1n) is 9.77. The molecule has 0 radical (unpaired) electrons. The number of halogens is 1. The van der Waals surface area contributed by atoms with Crippen molar-refractivity contribution in [1.29, 1.82) is 0 Å². The van der Waals surface area contributed by atoms with Gasteiger partial charge in [-0.15, -0.1) is 0 Å². The van der Waals surface area contributed by atoms with Crippen LogP contribution in [0, 0.1) is 5.82 Å². The molecule has 2 rings (SSSR count). The van der Waals surface area contributed by atoms with Crippen LogP contribution in [0.5, 0.6) is 17.2 Å². The minimum atomic E-state index is -0.449. The van der Waals surface area contributed by atoms with Gasteiger partial charge in [-0.25, -0.2) is 4.39 Å². The average Bonchev–Trinajstić information content (AvgIpc) is 2.73. The zero-order valence-electron chi connectivity index (χ0n) is 17.2. The second-order valence-electron chi connectivity index (χ2n) is 6.32. The minimum absolute atomic E-state index is 0.0795. The highest BCUT2D eigenvalue weighted by atomic mass is 19.1. The van der Waals surface area contributed by atoms with Crippen molar-refractivity contribution in [2.45, 2.75) is 20.3 Å². The van der Waals surface area contributed by atoms with Crippen LogP contribution in [0.15, 0.2) is 42.5 Å². The number of nitrogens with zero attached hydrogens (tertiary/aromatic N) is 1. The molecular formula is C22H29FN2O4. The molecule has 2 aromatic carbocycles. The van der Waals surface area contributed by atoms with Gasteiger partial charge in [-0.2, -0.15) is 0 Å². The standard InChI is InChI=1S/C22H29FN2O4/c1-4-25(5-2)13-15-29-21-16-17(10-11-20(21)27-3)24-22(26)12-14-28-19-9-7-6-8-18(19)23/h6-11,16H,4-5,12-15H2,1-3H3,(H,24,26). The highest BCUT2D eigenvalue weighted by molar-refractivity contribution is 5.91. The van der Waals surface area contributed by atoms with Gasteiger partial charge < -0.3 is 24.4 Å². The average molecular weight is 404 g/mol. The van der Waals surface area contributed by atoms with E-state index in [4.69, 9.17) is 14.2 Å². The number of methoxy groups -OCH3 is 1. The van der Waals surface area contributed by atoms with Crippen LogP contribution in [0.3, 0.4) is 0 Å². The van der Waals surface area contributed by atoms with E-state index < -0.39 is 5.82 Å². The maximum atomic E-state index is 13.5. The molecule has 0 saturated carbocycles. The summed E-state index contributed by atoms with van der Waals surface area (Å²) in [5, 5.41) is 2.80. The van der Waals surface area contributed by atoms with Crippen molar-refractivity contribution in [3.8, 4) is 17.2 Å². The Labute approximate surface area is 171 Å². The number of para-hydroxylation sites is 1. The van der Waals surface area contributed by atoms with Crippen molar-refractivity contribution in [1.82, 2.24) is 4.90 Å². The zero-order valence-corrected chi connectivity index (χ0v) is 17.2. The summed E-state index contributed by atoms with van der Waals surface area (Å²) in [6.45, 7) is 7.54. The van der Waals surface area contributed by atoms with Crippen molar-refractivity contribution in [2.75, 3.05) is 45.3 Å². The first kappa shape index (κ1) is 22.5. The molecule has 2 aromatic rings. The summed E-state index contributed by atoms with van der Waals surface area (Å²) in [6.07, 6.45) is 0.0957. The molecule has 1 N–H and O–H groups in total. The molecule has 7 heteroatoms. The van der Waals surface area contributed by atoms with Crippen molar-refractivity contribution in [2.24, 2.45) is 0 Å². The van der Waals surface area contributed by atoms with E-state index in [0.717, 1.165) is 19.6 Å². The van der Waals surface area contributed by atoms with Crippen molar-refractivity contribution >= 4 is 11.6 Å². The maximum absolute atomic E-state index is 13.5. The number of likely N-dealkylation sites (N-methyl/N-ethyl adjacent to an activating group) is 1. The number of rotatable bonds is 12. The van der Waals surface area contributed by atoms with Crippen LogP contribution in [-0.4, -0.2) is 50.8 Å². The molecule has 0 atom stereocenters. The Kier molecular flexibility index (Phi) is 9.24. The predicted molar refractivity (Wildman–Crippen MR) is 111 cm³/mol. The fraction of sp³-hybridized carbons (Fsp3) is 0.409. The number of ether oxygens (including phenoxy) is 3. The lowest BCUT2D eigenvalue weighted by molar-refractivity contribution is -0.116. The lowest BCUT2D eigenvalue weighted by Gasteiger charge is -2.19. The fourth-order valence-electron chi connectivity index (χ4n) is 2.73. The third kappa shape index (κ3) is 7.27. The molecule has 0 heterocycles. The normalized spacial score (nSPS) is 10.7. The van der Waals surface area contributed by atoms with Gasteiger partial charge in [0.2, 0.25) is 5.91 Å². The third-order valence-corrected chi connectivity index (χ3v) is 4.43. The van der Waals surface area contributed by atoms with E-state index in [0.29, 0.717) is 23.8 Å². The summed E-state index contributed by atoms with van der Waals surface area (Å²) in [7, 11) is 1.57. The summed E-state index contributed by atoms with van der Waals surface area (Å²) in [4.78, 5) is 14.4. The number of hydrogen-bond donors (Lipinski definition) is 1. The van der Waals surface area contributed by atoms with Crippen LogP contribution in [0.2, 0.25) is 0 Å². The second-order valence-corrected chi connectivity index (χ2v) is 6.32. The minimum Gasteiger partial charge on any atom is -0.493 e. The molecule has 0 spiro atoms. The summed E-state index contributed by atoms with van der Waals surface area (Å²) < 4.78 is 30.0. The Balaban J connectivity index is 1.87. The summed E-state index contributed by atoms with van der Waals surface area (Å²) >= 11 is 0. The molecule has 0 fully saturated rings. The Bertz CT molecular complexity index is 781. The van der Waals surface area contributed by atoms with E-state index in [1.165, 1.54) is 12.1 Å². The Hall–Kier alpha value is -2.80. The van der Waals surface area contributed by atoms with E-state index >= 15 is 0 Å². The highest BCUT2D eigenvalue weighted by Crippen LogP contribution is 2.30. The van der Waals surface area contributed by atoms with Crippen LogP contribution in [-0.2, 0) is 4.79 Å². The number of nitrogens with one attached hydrogen (secondary N) is 1. The number of carbonyl (C=O) groups excluding carboxylic acids is 1. The predicted octanol–water partition coefficient (Wildman–Crippen LogP) is 3.96. The third-order valence-electron chi connectivity index (χ3n) is 4.43. The molecule has 0 aliphatic carbocycles. The zero-order chi connectivity index (χ0) is 21.1. The monoisotopic (exact) mass is 404 g/mol. The van der Waals surface area contributed by atoms with Crippen LogP contribution in [0.4, 0.5) is 10.1 Å². The number of amides is 1. The van der Waals surface area contributed by atoms with Crippen LogP contribution >= 0.6 is 0 Å². The largest absolute Gasteiger partial charge is 0.493 e. The van der Waals surface area contributed by atoms with Gasteiger partial charge in [-0.3, -0.25) is 4.79 Å². The topological polar surface area (TPSA) is 60.0 Å². The summed E-state index contributed by atoms with van der Waals surface area (Å²) in [6, 6.07) is 11.3. The Morgan fingerprint density at radius 1 is 1.00 bits per heavy atom. The van der Waals surface area contributed by atoms with Crippen molar-refractivity contribution < 1.29 is 23.4 Å². The lowest BCUT2D eigenvalue weighted by Crippen LogP contribution is -2.28. The second kappa shape index (κ2) is 11.9. The quantitative estimate of drug-likeness (QED) is 0.580. The SMILES string of the molecule is CCN(CC)CCOc1cc(NC(=O)CCOc2ccccc2F)ccc1OC. The molecule has 158 valence electrons. The van der Waals surface area contributed by atoms with Gasteiger partial charge >= 0.3 is 0 Å². The first-order valence-corrected chi connectivity index (χ1v) is 9.77.